The molecule has 0 spiro atoms. The van der Waals surface area contributed by atoms with Crippen molar-refractivity contribution in [1.82, 2.24) is 5.32 Å². The molecule has 0 aliphatic heterocycles. The Morgan fingerprint density at radius 1 is 1.22 bits per heavy atom. The Morgan fingerprint density at radius 2 is 1.78 bits per heavy atom. The summed E-state index contributed by atoms with van der Waals surface area (Å²) in [4.78, 5) is 11.5. The van der Waals surface area contributed by atoms with Crippen LogP contribution in [-0.2, 0) is 21.1 Å². The number of sulfone groups is 1. The lowest BCUT2D eigenvalue weighted by Gasteiger charge is -2.23. The summed E-state index contributed by atoms with van der Waals surface area (Å²) in [6.07, 6.45) is 4.69. The highest BCUT2D eigenvalue weighted by molar-refractivity contribution is 7.91. The third-order valence-corrected chi connectivity index (χ3v) is 5.77. The zero-order chi connectivity index (χ0) is 17.1. The van der Waals surface area contributed by atoms with E-state index in [1.807, 2.05) is 0 Å². The molecule has 0 atom stereocenters. The zero-order valence-electron chi connectivity index (χ0n) is 13.0. The van der Waals surface area contributed by atoms with Crippen LogP contribution >= 0.6 is 0 Å². The third kappa shape index (κ3) is 4.50. The van der Waals surface area contributed by atoms with E-state index in [0.29, 0.717) is 12.1 Å². The molecule has 4 nitrogen and oxygen atoms in total. The van der Waals surface area contributed by atoms with Crippen LogP contribution in [0.4, 0.5) is 8.78 Å². The van der Waals surface area contributed by atoms with E-state index in [1.54, 1.807) is 0 Å². The molecule has 0 radical (unpaired) electrons. The molecule has 1 aromatic carbocycles. The van der Waals surface area contributed by atoms with Crippen molar-refractivity contribution in [2.45, 2.75) is 49.7 Å². The first-order valence-electron chi connectivity index (χ1n) is 7.61. The van der Waals surface area contributed by atoms with Gasteiger partial charge in [-0.15, -0.1) is 0 Å². The molecule has 0 heterocycles. The Bertz CT molecular complexity index is 650. The van der Waals surface area contributed by atoms with Crippen molar-refractivity contribution >= 4 is 15.7 Å². The van der Waals surface area contributed by atoms with Gasteiger partial charge < -0.3 is 5.32 Å². The summed E-state index contributed by atoms with van der Waals surface area (Å²) in [5, 5.41) is 2.90. The number of carbonyl (C=O) groups is 1. The second-order valence-corrected chi connectivity index (χ2v) is 8.34. The number of hydrogen-bond donors (Lipinski definition) is 1. The van der Waals surface area contributed by atoms with Gasteiger partial charge in [0.25, 0.3) is 0 Å². The number of amides is 1. The van der Waals surface area contributed by atoms with Crippen LogP contribution in [-0.4, -0.2) is 26.6 Å². The highest BCUT2D eigenvalue weighted by Gasteiger charge is 2.29. The van der Waals surface area contributed by atoms with E-state index in [0.717, 1.165) is 25.0 Å². The number of alkyl halides is 2. The third-order valence-electron chi connectivity index (χ3n) is 4.37. The molecular weight excluding hydrogens is 324 g/mol. The van der Waals surface area contributed by atoms with E-state index in [4.69, 9.17) is 0 Å². The largest absolute Gasteiger partial charge is 0.355 e. The minimum Gasteiger partial charge on any atom is -0.355 e. The quantitative estimate of drug-likeness (QED) is 0.862. The molecule has 0 unspecified atom stereocenters. The molecule has 1 saturated carbocycles. The maximum absolute atomic E-state index is 12.4. The highest BCUT2D eigenvalue weighted by Crippen LogP contribution is 2.36. The van der Waals surface area contributed by atoms with Gasteiger partial charge >= 0.3 is 5.76 Å². The minimum atomic E-state index is -4.59. The first kappa shape index (κ1) is 17.8. The van der Waals surface area contributed by atoms with Gasteiger partial charge in [-0.3, -0.25) is 4.79 Å². The van der Waals surface area contributed by atoms with Crippen LogP contribution in [0.2, 0.25) is 0 Å². The topological polar surface area (TPSA) is 63.2 Å². The average molecular weight is 345 g/mol. The van der Waals surface area contributed by atoms with Gasteiger partial charge in [-0.25, -0.2) is 8.42 Å². The van der Waals surface area contributed by atoms with Crippen LogP contribution in [0.3, 0.4) is 0 Å². The van der Waals surface area contributed by atoms with Gasteiger partial charge in [-0.2, -0.15) is 8.78 Å². The summed E-state index contributed by atoms with van der Waals surface area (Å²) in [7, 11) is -4.59. The predicted molar refractivity (Wildman–Crippen MR) is 82.9 cm³/mol. The minimum absolute atomic E-state index is 0.102. The summed E-state index contributed by atoms with van der Waals surface area (Å²) in [6.45, 7) is 2.79. The normalized spacial score (nSPS) is 17.4. The average Bonchev–Trinajstić information content (AvgIpc) is 2.93. The molecule has 0 bridgehead atoms. The SMILES string of the molecule is CC1(CNC(=O)Cc2ccc(S(=O)(=O)C(F)F)cc2)CCCC1. The van der Waals surface area contributed by atoms with Gasteiger partial charge in [0.1, 0.15) is 0 Å². The first-order valence-corrected chi connectivity index (χ1v) is 9.15. The molecule has 0 aromatic heterocycles. The van der Waals surface area contributed by atoms with Crippen molar-refractivity contribution in [2.24, 2.45) is 5.41 Å². The Balaban J connectivity index is 1.92. The Hall–Kier alpha value is -1.50. The maximum Gasteiger partial charge on any atom is 0.341 e. The molecule has 23 heavy (non-hydrogen) atoms. The van der Waals surface area contributed by atoms with E-state index >= 15 is 0 Å². The molecule has 2 rings (SSSR count). The van der Waals surface area contributed by atoms with Crippen molar-refractivity contribution in [2.75, 3.05) is 6.54 Å². The van der Waals surface area contributed by atoms with Crippen LogP contribution in [0.25, 0.3) is 0 Å². The number of hydrogen-bond acceptors (Lipinski definition) is 3. The number of carbonyl (C=O) groups excluding carboxylic acids is 1. The van der Waals surface area contributed by atoms with Crippen LogP contribution in [0, 0.1) is 5.41 Å². The molecule has 1 aliphatic rings. The molecule has 7 heteroatoms. The zero-order valence-corrected chi connectivity index (χ0v) is 13.8. The van der Waals surface area contributed by atoms with Gasteiger partial charge in [0.2, 0.25) is 15.7 Å². The Morgan fingerprint density at radius 3 is 2.30 bits per heavy atom. The van der Waals surface area contributed by atoms with Crippen LogP contribution in [0.15, 0.2) is 29.2 Å². The fourth-order valence-electron chi connectivity index (χ4n) is 2.87. The second kappa shape index (κ2) is 6.95. The lowest BCUT2D eigenvalue weighted by Crippen LogP contribution is -2.34. The monoisotopic (exact) mass is 345 g/mol. The molecule has 1 aliphatic carbocycles. The molecule has 128 valence electrons. The fraction of sp³-hybridized carbons (Fsp3) is 0.562. The second-order valence-electron chi connectivity index (χ2n) is 6.42. The summed E-state index contributed by atoms with van der Waals surface area (Å²) >= 11 is 0. The number of benzene rings is 1. The smallest absolute Gasteiger partial charge is 0.341 e. The molecule has 1 fully saturated rings. The van der Waals surface area contributed by atoms with E-state index in [-0.39, 0.29) is 17.7 Å². The van der Waals surface area contributed by atoms with Gasteiger partial charge in [0.05, 0.1) is 11.3 Å². The molecule has 1 N–H and O–H groups in total. The van der Waals surface area contributed by atoms with Crippen LogP contribution in [0.5, 0.6) is 0 Å². The van der Waals surface area contributed by atoms with Gasteiger partial charge in [0.15, 0.2) is 0 Å². The first-order chi connectivity index (χ1) is 10.7. The molecule has 0 saturated heterocycles. The van der Waals surface area contributed by atoms with Gasteiger partial charge in [0, 0.05) is 6.54 Å². The maximum atomic E-state index is 12.4. The lowest BCUT2D eigenvalue weighted by molar-refractivity contribution is -0.120. The summed E-state index contributed by atoms with van der Waals surface area (Å²) in [5.74, 6) is -3.59. The van der Waals surface area contributed by atoms with Crippen molar-refractivity contribution in [3.63, 3.8) is 0 Å². The van der Waals surface area contributed by atoms with Crippen molar-refractivity contribution in [1.29, 1.82) is 0 Å². The number of halogens is 2. The standard InChI is InChI=1S/C16H21F2NO3S/c1-16(8-2-3-9-16)11-19-14(20)10-12-4-6-13(7-5-12)23(21,22)15(17)18/h4-7,15H,2-3,8-11H2,1H3,(H,19,20). The molecule has 1 amide bonds. The van der Waals surface area contributed by atoms with E-state index < -0.39 is 20.5 Å². The highest BCUT2D eigenvalue weighted by atomic mass is 32.2. The molecule has 1 aromatic rings. The van der Waals surface area contributed by atoms with Crippen molar-refractivity contribution in [3.8, 4) is 0 Å². The van der Waals surface area contributed by atoms with E-state index in [1.165, 1.54) is 25.0 Å². The fourth-order valence-corrected chi connectivity index (χ4v) is 3.59. The Kier molecular flexibility index (Phi) is 5.39. The van der Waals surface area contributed by atoms with Crippen molar-refractivity contribution in [3.05, 3.63) is 29.8 Å². The van der Waals surface area contributed by atoms with Crippen molar-refractivity contribution < 1.29 is 22.0 Å². The lowest BCUT2D eigenvalue weighted by atomic mass is 9.89. The molecular formula is C16H21F2NO3S. The van der Waals surface area contributed by atoms with E-state index in [9.17, 15) is 22.0 Å². The van der Waals surface area contributed by atoms with Crippen LogP contribution < -0.4 is 5.32 Å². The predicted octanol–water partition coefficient (Wildman–Crippen LogP) is 2.92. The summed E-state index contributed by atoms with van der Waals surface area (Å²) in [5.41, 5.74) is 0.748. The summed E-state index contributed by atoms with van der Waals surface area (Å²) in [6, 6.07) is 5.02. The Labute approximate surface area is 135 Å². The number of nitrogens with one attached hydrogen (secondary N) is 1. The van der Waals surface area contributed by atoms with Gasteiger partial charge in [-0.1, -0.05) is 31.9 Å². The van der Waals surface area contributed by atoms with Gasteiger partial charge in [-0.05, 0) is 36.0 Å². The van der Waals surface area contributed by atoms with Crippen LogP contribution in [0.1, 0.15) is 38.2 Å². The van der Waals surface area contributed by atoms with E-state index in [2.05, 4.69) is 12.2 Å². The summed E-state index contributed by atoms with van der Waals surface area (Å²) < 4.78 is 47.5. The number of rotatable bonds is 6.